The Morgan fingerprint density at radius 2 is 2.10 bits per heavy atom. The summed E-state index contributed by atoms with van der Waals surface area (Å²) < 4.78 is 0. The van der Waals surface area contributed by atoms with Crippen LogP contribution in [-0.4, -0.2) is 0 Å². The molecule has 2 atom stereocenters. The molecule has 1 rings (SSSR count). The Kier molecular flexibility index (Phi) is 1.98. The average molecular weight is 136 g/mol. The molecule has 0 aliphatic heterocycles. The Bertz CT molecular complexity index is 165. The zero-order valence-corrected chi connectivity index (χ0v) is 7.09. The fraction of sp³-hybridized carbons (Fsp3) is 0.600. The van der Waals surface area contributed by atoms with Gasteiger partial charge in [-0.3, -0.25) is 0 Å². The predicted octanol–water partition coefficient (Wildman–Crippen LogP) is 3.16. The lowest BCUT2D eigenvalue weighted by atomic mass is 9.74. The summed E-state index contributed by atoms with van der Waals surface area (Å²) in [5, 5.41) is 0. The monoisotopic (exact) mass is 136 g/mol. The average Bonchev–Trinajstić information content (AvgIpc) is 1.96. The molecule has 1 aliphatic carbocycles. The van der Waals surface area contributed by atoms with Crippen LogP contribution in [0.2, 0.25) is 0 Å². The highest BCUT2D eigenvalue weighted by Gasteiger charge is 2.25. The van der Waals surface area contributed by atoms with Crippen molar-refractivity contribution in [1.29, 1.82) is 0 Å². The van der Waals surface area contributed by atoms with Crippen molar-refractivity contribution in [1.82, 2.24) is 0 Å². The zero-order valence-electron chi connectivity index (χ0n) is 7.09. The highest BCUT2D eigenvalue weighted by Crippen LogP contribution is 2.35. The lowest BCUT2D eigenvalue weighted by Crippen LogP contribution is -2.21. The molecule has 10 heavy (non-hydrogen) atoms. The second-order valence-corrected chi connectivity index (χ2v) is 3.39. The van der Waals surface area contributed by atoms with E-state index in [-0.39, 0.29) is 0 Å². The fourth-order valence-electron chi connectivity index (χ4n) is 1.32. The van der Waals surface area contributed by atoms with Crippen LogP contribution >= 0.6 is 0 Å². The van der Waals surface area contributed by atoms with Gasteiger partial charge in [-0.25, -0.2) is 0 Å². The SMILES string of the molecule is CC[C@@]1(C)C=CC=CC1C. The molecule has 0 nitrogen and oxygen atoms in total. The molecule has 0 bridgehead atoms. The van der Waals surface area contributed by atoms with Crippen LogP contribution in [0.4, 0.5) is 0 Å². The van der Waals surface area contributed by atoms with Gasteiger partial charge in [-0.05, 0) is 17.8 Å². The van der Waals surface area contributed by atoms with Gasteiger partial charge in [-0.15, -0.1) is 0 Å². The van der Waals surface area contributed by atoms with Crippen molar-refractivity contribution in [3.05, 3.63) is 24.3 Å². The lowest BCUT2D eigenvalue weighted by molar-refractivity contribution is 0.313. The summed E-state index contributed by atoms with van der Waals surface area (Å²) in [6, 6.07) is 0. The van der Waals surface area contributed by atoms with E-state index in [1.165, 1.54) is 6.42 Å². The standard InChI is InChI=1S/C10H16/c1-4-10(3)8-6-5-7-9(10)2/h5-9H,4H2,1-3H3/t9?,10-/m0/s1. The van der Waals surface area contributed by atoms with E-state index in [1.807, 2.05) is 0 Å². The fourth-order valence-corrected chi connectivity index (χ4v) is 1.32. The van der Waals surface area contributed by atoms with E-state index in [9.17, 15) is 0 Å². The molecule has 1 unspecified atom stereocenters. The van der Waals surface area contributed by atoms with Crippen LogP contribution in [0.15, 0.2) is 24.3 Å². The van der Waals surface area contributed by atoms with Crippen LogP contribution in [0.5, 0.6) is 0 Å². The summed E-state index contributed by atoms with van der Waals surface area (Å²) in [5.41, 5.74) is 0.411. The highest BCUT2D eigenvalue weighted by atomic mass is 14.3. The molecule has 0 aromatic carbocycles. The quantitative estimate of drug-likeness (QED) is 0.519. The largest absolute Gasteiger partial charge is 0.0809 e. The van der Waals surface area contributed by atoms with Gasteiger partial charge in [-0.2, -0.15) is 0 Å². The Morgan fingerprint density at radius 3 is 2.50 bits per heavy atom. The molecule has 0 heteroatoms. The van der Waals surface area contributed by atoms with Crippen molar-refractivity contribution in [2.75, 3.05) is 0 Å². The van der Waals surface area contributed by atoms with Crippen LogP contribution < -0.4 is 0 Å². The second-order valence-electron chi connectivity index (χ2n) is 3.39. The minimum Gasteiger partial charge on any atom is -0.0809 e. The van der Waals surface area contributed by atoms with E-state index in [0.29, 0.717) is 11.3 Å². The third kappa shape index (κ3) is 1.16. The molecular formula is C10H16. The van der Waals surface area contributed by atoms with E-state index >= 15 is 0 Å². The molecule has 0 radical (unpaired) electrons. The second kappa shape index (κ2) is 2.61. The van der Waals surface area contributed by atoms with Crippen molar-refractivity contribution in [3.8, 4) is 0 Å². The summed E-state index contributed by atoms with van der Waals surface area (Å²) >= 11 is 0. The van der Waals surface area contributed by atoms with Gasteiger partial charge in [0.25, 0.3) is 0 Å². The minimum atomic E-state index is 0.411. The number of hydrogen-bond acceptors (Lipinski definition) is 0. The summed E-state index contributed by atoms with van der Waals surface area (Å²) in [6.45, 7) is 6.85. The van der Waals surface area contributed by atoms with Crippen LogP contribution in [0.25, 0.3) is 0 Å². The Hall–Kier alpha value is -0.520. The molecule has 0 N–H and O–H groups in total. The third-order valence-electron chi connectivity index (χ3n) is 2.79. The van der Waals surface area contributed by atoms with E-state index in [4.69, 9.17) is 0 Å². The van der Waals surface area contributed by atoms with Crippen LogP contribution in [-0.2, 0) is 0 Å². The van der Waals surface area contributed by atoms with E-state index in [1.54, 1.807) is 0 Å². The Morgan fingerprint density at radius 1 is 1.40 bits per heavy atom. The number of allylic oxidation sites excluding steroid dienone is 4. The number of hydrogen-bond donors (Lipinski definition) is 0. The summed E-state index contributed by atoms with van der Waals surface area (Å²) in [7, 11) is 0. The minimum absolute atomic E-state index is 0.411. The molecule has 0 saturated carbocycles. The first-order valence-electron chi connectivity index (χ1n) is 4.05. The van der Waals surface area contributed by atoms with Crippen molar-refractivity contribution in [2.24, 2.45) is 11.3 Å². The maximum Gasteiger partial charge on any atom is -0.00858 e. The first-order valence-corrected chi connectivity index (χ1v) is 4.05. The normalized spacial score (nSPS) is 38.5. The molecule has 0 aromatic rings. The van der Waals surface area contributed by atoms with Crippen molar-refractivity contribution < 1.29 is 0 Å². The predicted molar refractivity (Wildman–Crippen MR) is 45.8 cm³/mol. The lowest BCUT2D eigenvalue weighted by Gasteiger charge is -2.31. The third-order valence-corrected chi connectivity index (χ3v) is 2.79. The van der Waals surface area contributed by atoms with Crippen molar-refractivity contribution in [2.45, 2.75) is 27.2 Å². The number of rotatable bonds is 1. The molecule has 0 spiro atoms. The summed E-state index contributed by atoms with van der Waals surface area (Å²) in [6.07, 6.45) is 10.1. The molecule has 0 aromatic heterocycles. The van der Waals surface area contributed by atoms with Crippen molar-refractivity contribution in [3.63, 3.8) is 0 Å². The van der Waals surface area contributed by atoms with E-state index < -0.39 is 0 Å². The highest BCUT2D eigenvalue weighted by molar-refractivity contribution is 5.17. The van der Waals surface area contributed by atoms with Gasteiger partial charge in [0.05, 0.1) is 0 Å². The molecule has 0 saturated heterocycles. The molecule has 1 aliphatic rings. The first kappa shape index (κ1) is 7.59. The van der Waals surface area contributed by atoms with Gasteiger partial charge in [-0.1, -0.05) is 45.1 Å². The molecule has 0 amide bonds. The zero-order chi connectivity index (χ0) is 7.61. The topological polar surface area (TPSA) is 0 Å². The van der Waals surface area contributed by atoms with Crippen molar-refractivity contribution >= 4 is 0 Å². The van der Waals surface area contributed by atoms with Gasteiger partial charge in [0.1, 0.15) is 0 Å². The Labute approximate surface area is 63.6 Å². The van der Waals surface area contributed by atoms with E-state index in [2.05, 4.69) is 45.1 Å². The van der Waals surface area contributed by atoms with Gasteiger partial charge in [0, 0.05) is 0 Å². The van der Waals surface area contributed by atoms with Crippen LogP contribution in [0, 0.1) is 11.3 Å². The molecule has 56 valence electrons. The van der Waals surface area contributed by atoms with Gasteiger partial charge in [0.15, 0.2) is 0 Å². The van der Waals surface area contributed by atoms with Crippen LogP contribution in [0.1, 0.15) is 27.2 Å². The van der Waals surface area contributed by atoms with Gasteiger partial charge >= 0.3 is 0 Å². The maximum absolute atomic E-state index is 2.32. The van der Waals surface area contributed by atoms with Gasteiger partial charge in [0.2, 0.25) is 0 Å². The Balaban J connectivity index is 2.77. The summed E-state index contributed by atoms with van der Waals surface area (Å²) in [4.78, 5) is 0. The van der Waals surface area contributed by atoms with Gasteiger partial charge < -0.3 is 0 Å². The smallest absolute Gasteiger partial charge is 0.00858 e. The van der Waals surface area contributed by atoms with E-state index in [0.717, 1.165) is 0 Å². The molecular weight excluding hydrogens is 120 g/mol. The molecule has 0 heterocycles. The maximum atomic E-state index is 2.32. The summed E-state index contributed by atoms with van der Waals surface area (Å²) in [5.74, 6) is 0.697. The first-order chi connectivity index (χ1) is 4.69. The molecule has 0 fully saturated rings. The van der Waals surface area contributed by atoms with Crippen LogP contribution in [0.3, 0.4) is 0 Å².